The van der Waals surface area contributed by atoms with Crippen LogP contribution < -0.4 is 24.3 Å². The average molecular weight is 1220 g/mol. The number of hydrogen-bond donors (Lipinski definition) is 1. The van der Waals surface area contributed by atoms with Gasteiger partial charge in [0.05, 0.1) is 19.3 Å². The minimum absolute atomic E-state index is 0.228. The van der Waals surface area contributed by atoms with Gasteiger partial charge in [-0.25, -0.2) is 0 Å². The summed E-state index contributed by atoms with van der Waals surface area (Å²) in [5.74, 6) is 3.15. The molecule has 1 heterocycles. The normalized spacial score (nSPS) is 17.3. The number of carbonyl (C=O) groups is 2. The number of fused-ring (bicyclic) bond motifs is 10. The molecule has 10 heteroatoms. The van der Waals surface area contributed by atoms with Crippen molar-refractivity contribution >= 4 is 45.2 Å². The smallest absolute Gasteiger partial charge is 0.416 e. The highest BCUT2D eigenvalue weighted by Gasteiger charge is 2.46. The van der Waals surface area contributed by atoms with E-state index in [-0.39, 0.29) is 18.3 Å². The van der Waals surface area contributed by atoms with E-state index in [9.17, 15) is 22.8 Å². The Morgan fingerprint density at radius 3 is 1.98 bits per heavy atom. The van der Waals surface area contributed by atoms with E-state index in [1.165, 1.54) is 69.1 Å². The summed E-state index contributed by atoms with van der Waals surface area (Å²) in [6.45, 7) is 13.0. The van der Waals surface area contributed by atoms with Crippen LogP contribution in [0.3, 0.4) is 0 Å². The number of amides is 1. The standard InChI is InChI=1S/C81H82F3NO6/c1-8-11-14-17-52-21-23-53(24-22-52)54-25-27-55(28-26-54)56-29-31-57(32-30-56)78(87)85-61-38-44-64(51(4)48-61)68-50-69-74-65-43-37-60(81(82,83)84)49-70(65)79(5,6)76(74)67-45-46-80(58-33-39-62(88-7)40-34-58,59-35-41-63(42-36-59)89-47-13-10-3)91-77(67)75(69)66-18-16-19-71(73(66)68)90-72(86)20-15-12-9-2/h16,18-19,25-46,48-50,52-53H,8-15,17,20-24,47H2,1-7H3,(H,85,87). The highest BCUT2D eigenvalue weighted by Crippen LogP contribution is 2.61. The molecule has 1 aliphatic heterocycles. The van der Waals surface area contributed by atoms with Crippen LogP contribution in [0.5, 0.6) is 23.0 Å². The fourth-order valence-electron chi connectivity index (χ4n) is 14.5. The van der Waals surface area contributed by atoms with Crippen LogP contribution in [0.2, 0.25) is 0 Å². The number of benzene rings is 9. The average Bonchev–Trinajstić information content (AvgIpc) is 1.61. The predicted octanol–water partition coefficient (Wildman–Crippen LogP) is 22.1. The second kappa shape index (κ2) is 26.3. The molecule has 1 unspecified atom stereocenters. The lowest BCUT2D eigenvalue weighted by molar-refractivity contribution is -0.137. The zero-order valence-electron chi connectivity index (χ0n) is 53.5. The molecule has 0 aromatic heterocycles. The Balaban J connectivity index is 0.963. The zero-order chi connectivity index (χ0) is 63.6. The first-order valence-electron chi connectivity index (χ1n) is 32.9. The van der Waals surface area contributed by atoms with Crippen LogP contribution in [0.15, 0.2) is 164 Å². The number of nitrogens with one attached hydrogen (secondary N) is 1. The van der Waals surface area contributed by atoms with E-state index in [0.29, 0.717) is 74.7 Å². The van der Waals surface area contributed by atoms with Crippen LogP contribution in [0.25, 0.3) is 61.0 Å². The molecule has 1 saturated carbocycles. The fraction of sp³-hybridized carbons (Fsp3) is 0.333. The minimum Gasteiger partial charge on any atom is -0.497 e. The number of anilines is 1. The van der Waals surface area contributed by atoms with Crippen LogP contribution >= 0.6 is 0 Å². The van der Waals surface area contributed by atoms with Gasteiger partial charge in [0.2, 0.25) is 0 Å². The van der Waals surface area contributed by atoms with Crippen molar-refractivity contribution in [2.45, 2.75) is 155 Å². The van der Waals surface area contributed by atoms with E-state index in [0.717, 1.165) is 98.4 Å². The van der Waals surface area contributed by atoms with Crippen LogP contribution in [0.4, 0.5) is 18.9 Å². The third kappa shape index (κ3) is 12.4. The molecule has 0 bridgehead atoms. The second-order valence-corrected chi connectivity index (χ2v) is 25.9. The van der Waals surface area contributed by atoms with E-state index < -0.39 is 22.8 Å². The van der Waals surface area contributed by atoms with E-state index in [1.807, 2.05) is 130 Å². The number of unbranched alkanes of at least 4 members (excludes halogenated alkanes) is 5. The van der Waals surface area contributed by atoms with Crippen LogP contribution in [0, 0.1) is 12.8 Å². The first kappa shape index (κ1) is 62.6. The van der Waals surface area contributed by atoms with Gasteiger partial charge in [-0.2, -0.15) is 13.2 Å². The van der Waals surface area contributed by atoms with Gasteiger partial charge < -0.3 is 24.3 Å². The number of halogens is 3. The van der Waals surface area contributed by atoms with Gasteiger partial charge in [0.1, 0.15) is 23.0 Å². The number of esters is 1. The summed E-state index contributed by atoms with van der Waals surface area (Å²) in [4.78, 5) is 28.1. The first-order chi connectivity index (χ1) is 44.0. The summed E-state index contributed by atoms with van der Waals surface area (Å²) in [5.41, 5.74) is 9.33. The van der Waals surface area contributed by atoms with Gasteiger partial charge in [0.15, 0.2) is 5.60 Å². The number of ether oxygens (including phenoxy) is 4. The highest BCUT2D eigenvalue weighted by atomic mass is 19.4. The fourth-order valence-corrected chi connectivity index (χ4v) is 14.5. The highest BCUT2D eigenvalue weighted by molar-refractivity contribution is 6.24. The van der Waals surface area contributed by atoms with Gasteiger partial charge in [-0.3, -0.25) is 9.59 Å². The van der Waals surface area contributed by atoms with Gasteiger partial charge >= 0.3 is 12.1 Å². The summed E-state index contributed by atoms with van der Waals surface area (Å²) < 4.78 is 70.6. The largest absolute Gasteiger partial charge is 0.497 e. The number of rotatable bonds is 21. The molecule has 1 atom stereocenters. The molecular formula is C81H82F3NO6. The monoisotopic (exact) mass is 1220 g/mol. The predicted molar refractivity (Wildman–Crippen MR) is 363 cm³/mol. The molecule has 0 saturated heterocycles. The molecule has 12 rings (SSSR count). The molecule has 1 fully saturated rings. The maximum atomic E-state index is 14.8. The Bertz CT molecular complexity index is 4180. The summed E-state index contributed by atoms with van der Waals surface area (Å²) in [6.07, 6.45) is 14.6. The van der Waals surface area contributed by atoms with Crippen molar-refractivity contribution in [3.63, 3.8) is 0 Å². The van der Waals surface area contributed by atoms with E-state index in [4.69, 9.17) is 18.9 Å². The van der Waals surface area contributed by atoms with E-state index >= 15 is 0 Å². The number of methoxy groups -OCH3 is 1. The Morgan fingerprint density at radius 2 is 1.32 bits per heavy atom. The Hall–Kier alpha value is -8.63. The van der Waals surface area contributed by atoms with Crippen molar-refractivity contribution in [1.29, 1.82) is 0 Å². The Labute approximate surface area is 534 Å². The summed E-state index contributed by atoms with van der Waals surface area (Å²) in [5, 5.41) is 5.99. The van der Waals surface area contributed by atoms with Gasteiger partial charge in [0, 0.05) is 50.5 Å². The number of hydrogen-bond acceptors (Lipinski definition) is 6. The SMILES string of the molecule is CCCCCC(=O)Oc1cccc2c1c(-c1ccc(NC(=O)c3ccc(-c4ccc(C5CCC(CCCCC)CC5)cc4)cc3)cc1C)cc1c3c(c4c(c12)OC(c1ccc(OC)cc1)(c1ccc(OCCCC)cc1)C=C4)C(C)(C)c1cc(C(F)(F)F)ccc1-3. The second-order valence-electron chi connectivity index (χ2n) is 25.9. The van der Waals surface area contributed by atoms with Crippen molar-refractivity contribution in [3.8, 4) is 56.4 Å². The summed E-state index contributed by atoms with van der Waals surface area (Å²) >= 11 is 0. The van der Waals surface area contributed by atoms with Crippen LogP contribution in [-0.2, 0) is 22.0 Å². The summed E-state index contributed by atoms with van der Waals surface area (Å²) in [7, 11) is 1.63. The minimum atomic E-state index is -4.58. The zero-order valence-corrected chi connectivity index (χ0v) is 53.5. The molecule has 91 heavy (non-hydrogen) atoms. The lowest BCUT2D eigenvalue weighted by Gasteiger charge is -2.39. The maximum Gasteiger partial charge on any atom is 0.416 e. The molecule has 0 spiro atoms. The van der Waals surface area contributed by atoms with Crippen molar-refractivity contribution < 1.29 is 41.7 Å². The molecule has 468 valence electrons. The molecule has 1 N–H and O–H groups in total. The van der Waals surface area contributed by atoms with Crippen molar-refractivity contribution in [3.05, 3.63) is 214 Å². The third-order valence-electron chi connectivity index (χ3n) is 19.5. The van der Waals surface area contributed by atoms with Crippen molar-refractivity contribution in [1.82, 2.24) is 0 Å². The van der Waals surface area contributed by atoms with E-state index in [1.54, 1.807) is 13.2 Å². The van der Waals surface area contributed by atoms with Crippen LogP contribution in [-0.4, -0.2) is 25.6 Å². The molecule has 9 aromatic carbocycles. The number of alkyl halides is 3. The third-order valence-corrected chi connectivity index (χ3v) is 19.5. The topological polar surface area (TPSA) is 83.1 Å². The van der Waals surface area contributed by atoms with Gasteiger partial charge in [-0.05, 0) is 203 Å². The molecule has 3 aliphatic rings. The lowest BCUT2D eigenvalue weighted by Crippen LogP contribution is -2.35. The first-order valence-corrected chi connectivity index (χ1v) is 32.9. The van der Waals surface area contributed by atoms with Gasteiger partial charge in [-0.15, -0.1) is 0 Å². The molecular weight excluding hydrogens is 1140 g/mol. The maximum absolute atomic E-state index is 14.8. The van der Waals surface area contributed by atoms with Crippen LogP contribution in [0.1, 0.15) is 185 Å². The van der Waals surface area contributed by atoms with Gasteiger partial charge in [0.25, 0.3) is 5.91 Å². The molecule has 9 aromatic rings. The quantitative estimate of drug-likeness (QED) is 0.0334. The van der Waals surface area contributed by atoms with Crippen molar-refractivity contribution in [2.75, 3.05) is 19.0 Å². The Kier molecular flexibility index (Phi) is 18.1. The molecule has 1 amide bonds. The summed E-state index contributed by atoms with van der Waals surface area (Å²) in [6, 6.07) is 50.2. The number of aryl methyl sites for hydroxylation is 1. The van der Waals surface area contributed by atoms with E-state index in [2.05, 4.69) is 68.6 Å². The lowest BCUT2D eigenvalue weighted by atomic mass is 9.76. The molecule has 7 nitrogen and oxygen atoms in total. The van der Waals surface area contributed by atoms with Gasteiger partial charge in [-0.1, -0.05) is 171 Å². The molecule has 2 aliphatic carbocycles. The molecule has 0 radical (unpaired) electrons. The Morgan fingerprint density at radius 1 is 0.659 bits per heavy atom. The van der Waals surface area contributed by atoms with Crippen molar-refractivity contribution in [2.24, 2.45) is 5.92 Å². The number of carbonyl (C=O) groups excluding carboxylic acids is 2.